The van der Waals surface area contributed by atoms with Crippen molar-refractivity contribution in [2.75, 3.05) is 0 Å². The van der Waals surface area contributed by atoms with Gasteiger partial charge in [0.25, 0.3) is 0 Å². The Bertz CT molecular complexity index is 1280. The van der Waals surface area contributed by atoms with Crippen LogP contribution in [0.3, 0.4) is 0 Å². The molecule has 0 spiro atoms. The molecule has 0 unspecified atom stereocenters. The Morgan fingerprint density at radius 1 is 0.160 bits per heavy atom. The molecular formula is C88H172AlCaFe5MgO8Zn2+17. The Balaban J connectivity index is -0.0000000860. The summed E-state index contributed by atoms with van der Waals surface area (Å²) in [5.74, 6) is -3.60. The van der Waals surface area contributed by atoms with Crippen LogP contribution in [0.2, 0.25) is 0 Å². The third-order valence-electron chi connectivity index (χ3n) is 19.9. The third-order valence-corrected chi connectivity index (χ3v) is 19.9. The van der Waals surface area contributed by atoms with E-state index in [0.29, 0.717) is 0 Å². The number of aliphatic carboxylic acids is 4. The Labute approximate surface area is 797 Å². The number of rotatable bonds is 80. The molecule has 0 aromatic heterocycles. The van der Waals surface area contributed by atoms with Crippen LogP contribution in [-0.2, 0) is 143 Å². The first-order chi connectivity index (χ1) is 47.1. The summed E-state index contributed by atoms with van der Waals surface area (Å²) in [7, 11) is 0. The standard InChI is InChI=1S/4C22H44O2.Al.Ca.5Fe.Mg.2Zn/c4*1-2-3-4-5-6-7-8-9-10-11-12-13-14-15-16-17-18-19-20-21-22(23)24;;;;;;;;;;/h4*2-21H2,1H3,(H,23,24);;;;;;;;;;/q;;;;+3;9*+2/p-4. The van der Waals surface area contributed by atoms with Gasteiger partial charge in [0.05, 0.1) is 0 Å². The number of hydrogen-bond donors (Lipinski definition) is 0. The summed E-state index contributed by atoms with van der Waals surface area (Å²) in [5.41, 5.74) is 0. The fraction of sp³-hybridized carbons (Fsp3) is 0.955. The van der Waals surface area contributed by atoms with Crippen molar-refractivity contribution in [3.05, 3.63) is 0 Å². The van der Waals surface area contributed by atoms with E-state index in [2.05, 4.69) is 27.7 Å². The molecule has 0 heterocycles. The molecule has 0 saturated heterocycles. The maximum atomic E-state index is 10.3. The number of hydrogen-bond acceptors (Lipinski definition) is 8. The first-order valence-electron chi connectivity index (χ1n) is 43.9. The van der Waals surface area contributed by atoms with Crippen molar-refractivity contribution in [1.82, 2.24) is 0 Å². The van der Waals surface area contributed by atoms with Crippen LogP contribution in [0.4, 0.5) is 0 Å². The molecule has 0 bridgehead atoms. The summed E-state index contributed by atoms with van der Waals surface area (Å²) in [5, 5.41) is 41.1. The largest absolute Gasteiger partial charge is 3.00 e. The van der Waals surface area contributed by atoms with Gasteiger partial charge in [0.1, 0.15) is 0 Å². The molecule has 0 aromatic carbocycles. The first kappa shape index (κ1) is 142. The first-order valence-corrected chi connectivity index (χ1v) is 43.9. The number of carbonyl (C=O) groups is 4. The summed E-state index contributed by atoms with van der Waals surface area (Å²) < 4.78 is 0. The molecule has 0 saturated carbocycles. The Kier molecular flexibility index (Phi) is 185. The minimum absolute atomic E-state index is 0. The SMILES string of the molecule is CCCCCCCCCCCCCCCCCCCCCC(=O)[O-].CCCCCCCCCCCCCCCCCCCCCC(=O)[O-].CCCCCCCCCCCCCCCCCCCCCC(=O)[O-].CCCCCCCCCCCCCCCCCCCCCC(=O)[O-].[Al+3].[Ca+2].[Fe+2].[Fe+2].[Fe+2].[Fe+2].[Fe+2].[Mg+2].[Zn+2].[Zn+2]. The zero-order valence-corrected chi connectivity index (χ0v) is 87.2. The van der Waals surface area contributed by atoms with Gasteiger partial charge in [-0.25, -0.2) is 0 Å². The van der Waals surface area contributed by atoms with Gasteiger partial charge in [-0.15, -0.1) is 0 Å². The number of carboxylic acid groups (broad SMARTS) is 4. The fourth-order valence-corrected chi connectivity index (χ4v) is 13.4. The summed E-state index contributed by atoms with van der Waals surface area (Å²) in [6, 6.07) is 0. The average Bonchev–Trinajstić information content (AvgIpc) is 3.73. The van der Waals surface area contributed by atoms with E-state index in [4.69, 9.17) is 0 Å². The maximum absolute atomic E-state index is 10.3. The van der Waals surface area contributed by atoms with E-state index in [-0.39, 0.29) is 228 Å². The zero-order chi connectivity index (χ0) is 70.9. The van der Waals surface area contributed by atoms with E-state index >= 15 is 0 Å². The minimum atomic E-state index is -0.901. The van der Waals surface area contributed by atoms with Crippen molar-refractivity contribution < 1.29 is 164 Å². The third kappa shape index (κ3) is 160. The summed E-state index contributed by atoms with van der Waals surface area (Å²) >= 11 is 0. The van der Waals surface area contributed by atoms with E-state index in [9.17, 15) is 39.6 Å². The second-order valence-electron chi connectivity index (χ2n) is 29.9. The van der Waals surface area contributed by atoms with Gasteiger partial charge < -0.3 is 39.6 Å². The van der Waals surface area contributed by atoms with Crippen LogP contribution in [-0.4, -0.2) is 102 Å². The normalized spacial score (nSPS) is 10.0. The topological polar surface area (TPSA) is 161 Å². The van der Waals surface area contributed by atoms with Crippen LogP contribution in [0, 0.1) is 0 Å². The number of carbonyl (C=O) groups excluding carboxylic acids is 4. The van der Waals surface area contributed by atoms with E-state index in [1.807, 2.05) is 0 Å². The van der Waals surface area contributed by atoms with Crippen LogP contribution in [0.25, 0.3) is 0 Å². The summed E-state index contributed by atoms with van der Waals surface area (Å²) in [6.07, 6.45) is 103. The summed E-state index contributed by atoms with van der Waals surface area (Å²) in [6.45, 7) is 9.12. The predicted molar refractivity (Wildman–Crippen MR) is 429 cm³/mol. The quantitative estimate of drug-likeness (QED) is 0.0430. The molecule has 0 N–H and O–H groups in total. The van der Waals surface area contributed by atoms with Gasteiger partial charge in [-0.3, -0.25) is 0 Å². The van der Waals surface area contributed by atoms with Crippen molar-refractivity contribution in [3.8, 4) is 0 Å². The van der Waals surface area contributed by atoms with Gasteiger partial charge in [-0.1, -0.05) is 490 Å². The van der Waals surface area contributed by atoms with Gasteiger partial charge in [-0.2, -0.15) is 0 Å². The predicted octanol–water partition coefficient (Wildman–Crippen LogP) is 25.1. The average molecular weight is 1860 g/mol. The van der Waals surface area contributed by atoms with E-state index in [1.165, 1.54) is 437 Å². The van der Waals surface area contributed by atoms with Crippen molar-refractivity contribution in [1.29, 1.82) is 0 Å². The Morgan fingerprint density at radius 2 is 0.217 bits per heavy atom. The molecule has 8 nitrogen and oxygen atoms in total. The minimum Gasteiger partial charge on any atom is -0.550 e. The van der Waals surface area contributed by atoms with Gasteiger partial charge in [0.2, 0.25) is 0 Å². The van der Waals surface area contributed by atoms with Crippen LogP contribution in [0.1, 0.15) is 541 Å². The van der Waals surface area contributed by atoms with Crippen molar-refractivity contribution in [2.24, 2.45) is 0 Å². The Hall–Kier alpha value is 4.28. The van der Waals surface area contributed by atoms with Crippen molar-refractivity contribution in [2.45, 2.75) is 541 Å². The zero-order valence-electron chi connectivity index (χ0n) is 71.0. The molecule has 0 aromatic rings. The second-order valence-corrected chi connectivity index (χ2v) is 29.9. The van der Waals surface area contributed by atoms with Crippen LogP contribution in [0.5, 0.6) is 0 Å². The Morgan fingerprint density at radius 3 is 0.274 bits per heavy atom. The molecule has 0 atom stereocenters. The molecule has 106 heavy (non-hydrogen) atoms. The monoisotopic (exact) mass is 1860 g/mol. The van der Waals surface area contributed by atoms with Gasteiger partial charge in [-0.05, 0) is 51.4 Å². The number of carboxylic acids is 4. The van der Waals surface area contributed by atoms with Gasteiger partial charge in [0.15, 0.2) is 0 Å². The van der Waals surface area contributed by atoms with Crippen LogP contribution < -0.4 is 20.4 Å². The van der Waals surface area contributed by atoms with Crippen LogP contribution in [0.15, 0.2) is 0 Å². The fourth-order valence-electron chi connectivity index (χ4n) is 13.4. The van der Waals surface area contributed by atoms with E-state index in [1.54, 1.807) is 0 Å². The van der Waals surface area contributed by atoms with Crippen LogP contribution >= 0.6 is 0 Å². The van der Waals surface area contributed by atoms with Gasteiger partial charge >= 0.3 is 202 Å². The molecule has 0 aliphatic rings. The molecule has 0 rings (SSSR count). The summed E-state index contributed by atoms with van der Waals surface area (Å²) in [4.78, 5) is 41.1. The maximum Gasteiger partial charge on any atom is 3.00 e. The second kappa shape index (κ2) is 138. The van der Waals surface area contributed by atoms with Crippen molar-refractivity contribution in [3.63, 3.8) is 0 Å². The van der Waals surface area contributed by atoms with E-state index < -0.39 is 23.9 Å². The molecule has 0 aliphatic heterocycles. The molecule has 606 valence electrons. The molecule has 18 heteroatoms. The molecular weight excluding hydrogens is 1690 g/mol. The van der Waals surface area contributed by atoms with E-state index in [0.717, 1.165) is 51.4 Å². The number of unbranched alkanes of at least 4 members (excludes halogenated alkanes) is 72. The van der Waals surface area contributed by atoms with Gasteiger partial charge in [0, 0.05) is 23.9 Å². The van der Waals surface area contributed by atoms with Crippen molar-refractivity contribution >= 4 is 102 Å². The molecule has 0 amide bonds. The smallest absolute Gasteiger partial charge is 0.550 e. The molecule has 0 aliphatic carbocycles. The molecule has 0 fully saturated rings. The molecule has 0 radical (unpaired) electrons.